The molecule has 0 amide bonds. The molecule has 40 heavy (non-hydrogen) atoms. The molecule has 2 saturated heterocycles. The molecule has 2 aromatic carbocycles. The lowest BCUT2D eigenvalue weighted by Gasteiger charge is -2.34. The maximum atomic E-state index is 9.08. The predicted molar refractivity (Wildman–Crippen MR) is 158 cm³/mol. The molecule has 0 unspecified atom stereocenters. The highest BCUT2D eigenvalue weighted by Gasteiger charge is 2.38. The highest BCUT2D eigenvalue weighted by atomic mass is 35.5. The Hall–Kier alpha value is -3.12. The van der Waals surface area contributed by atoms with Crippen LogP contribution in [0.3, 0.4) is 0 Å². The minimum absolute atomic E-state index is 0.415. The number of benzene rings is 2. The molecule has 0 radical (unpaired) electrons. The number of morpholine rings is 1. The quantitative estimate of drug-likeness (QED) is 0.295. The topological polar surface area (TPSA) is 77.8 Å². The molecule has 0 aliphatic carbocycles. The van der Waals surface area contributed by atoms with Gasteiger partial charge in [0, 0.05) is 61.8 Å². The summed E-state index contributed by atoms with van der Waals surface area (Å²) in [7, 11) is 0. The van der Waals surface area contributed by atoms with Crippen LogP contribution in [0.15, 0.2) is 36.4 Å². The van der Waals surface area contributed by atoms with Crippen LogP contribution in [-0.4, -0.2) is 73.0 Å². The average molecular weight is 561 g/mol. The molecule has 8 nitrogen and oxygen atoms in total. The summed E-state index contributed by atoms with van der Waals surface area (Å²) in [5.41, 5.74) is 3.31. The molecular weight excluding hydrogens is 524 g/mol. The van der Waals surface area contributed by atoms with E-state index in [1.165, 1.54) is 5.56 Å². The largest absolute Gasteiger partial charge is 0.463 e. The van der Waals surface area contributed by atoms with E-state index in [9.17, 15) is 0 Å². The number of fused-ring (bicyclic) bond motifs is 4. The van der Waals surface area contributed by atoms with Gasteiger partial charge < -0.3 is 19.3 Å². The van der Waals surface area contributed by atoms with Crippen LogP contribution in [0.25, 0.3) is 10.8 Å². The number of halogens is 1. The lowest BCUT2D eigenvalue weighted by atomic mass is 10.0. The summed E-state index contributed by atoms with van der Waals surface area (Å²) < 4.78 is 11.9. The van der Waals surface area contributed by atoms with Gasteiger partial charge in [0.15, 0.2) is 0 Å². The smallest absolute Gasteiger partial charge is 0.318 e. The van der Waals surface area contributed by atoms with E-state index in [0.717, 1.165) is 98.0 Å². The van der Waals surface area contributed by atoms with Crippen molar-refractivity contribution in [1.29, 1.82) is 5.26 Å². The van der Waals surface area contributed by atoms with Crippen molar-refractivity contribution in [2.24, 2.45) is 0 Å². The van der Waals surface area contributed by atoms with Gasteiger partial charge in [-0.25, -0.2) is 0 Å². The van der Waals surface area contributed by atoms with E-state index in [1.807, 2.05) is 12.1 Å². The highest BCUT2D eigenvalue weighted by molar-refractivity contribution is 6.36. The number of likely N-dealkylation sites (tertiary alicyclic amines) is 1. The first kappa shape index (κ1) is 27.1. The van der Waals surface area contributed by atoms with Crippen molar-refractivity contribution < 1.29 is 9.47 Å². The number of aromatic nitrogens is 2. The van der Waals surface area contributed by atoms with Gasteiger partial charge in [-0.3, -0.25) is 4.90 Å². The first-order valence-corrected chi connectivity index (χ1v) is 14.9. The van der Waals surface area contributed by atoms with Crippen molar-refractivity contribution in [2.45, 2.75) is 57.7 Å². The predicted octanol–water partition coefficient (Wildman–Crippen LogP) is 5.22. The zero-order valence-electron chi connectivity index (χ0n) is 23.2. The standard InChI is InChI=1S/C31H37ClN6O2/c1-2-36(14-4-3-13-33)30-25-12-16-38(28-11-6-9-22-8-5-10-26(32)29(22)28)20-27(25)34-31(35-30)39-17-7-15-37-19-24-18-23(37)21-40-24/h5-6,8-11,23-24H,2-4,7,12,14-21H2,1H3/t23-,24-/m0/s1. The number of unbranched alkanes of at least 4 members (excludes halogenated alkanes) is 1. The van der Waals surface area contributed by atoms with Crippen LogP contribution < -0.4 is 14.5 Å². The number of hydrogen-bond donors (Lipinski definition) is 0. The molecular formula is C31H37ClN6O2. The molecule has 1 aromatic heterocycles. The van der Waals surface area contributed by atoms with Gasteiger partial charge in [0.05, 0.1) is 42.6 Å². The molecule has 9 heteroatoms. The van der Waals surface area contributed by atoms with Gasteiger partial charge in [-0.2, -0.15) is 15.2 Å². The molecule has 3 aliphatic rings. The summed E-state index contributed by atoms with van der Waals surface area (Å²) in [6.07, 6.45) is 4.68. The maximum absolute atomic E-state index is 9.08. The molecule has 3 aliphatic heterocycles. The fraction of sp³-hybridized carbons (Fsp3) is 0.516. The Bertz CT molecular complexity index is 1390. The van der Waals surface area contributed by atoms with E-state index in [0.29, 0.717) is 37.7 Å². The van der Waals surface area contributed by atoms with Gasteiger partial charge in [-0.05, 0) is 50.1 Å². The fourth-order valence-corrected chi connectivity index (χ4v) is 6.69. The van der Waals surface area contributed by atoms with Crippen LogP contribution >= 0.6 is 11.6 Å². The summed E-state index contributed by atoms with van der Waals surface area (Å²) >= 11 is 6.68. The number of hydrogen-bond acceptors (Lipinski definition) is 8. The van der Waals surface area contributed by atoms with Gasteiger partial charge in [0.1, 0.15) is 5.82 Å². The average Bonchev–Trinajstić information content (AvgIpc) is 3.61. The summed E-state index contributed by atoms with van der Waals surface area (Å²) in [6.45, 7) is 8.74. The number of nitriles is 1. The Morgan fingerprint density at radius 1 is 1.20 bits per heavy atom. The number of anilines is 2. The Morgan fingerprint density at radius 2 is 2.08 bits per heavy atom. The van der Waals surface area contributed by atoms with E-state index in [2.05, 4.69) is 52.0 Å². The third-order valence-electron chi connectivity index (χ3n) is 8.43. The van der Waals surface area contributed by atoms with Crippen LogP contribution in [0.4, 0.5) is 11.5 Å². The fourth-order valence-electron chi connectivity index (χ4n) is 6.41. The monoisotopic (exact) mass is 560 g/mol. The summed E-state index contributed by atoms with van der Waals surface area (Å²) in [4.78, 5) is 17.1. The van der Waals surface area contributed by atoms with E-state index >= 15 is 0 Å². The number of rotatable bonds is 11. The second-order valence-corrected chi connectivity index (χ2v) is 11.3. The third-order valence-corrected chi connectivity index (χ3v) is 8.74. The van der Waals surface area contributed by atoms with Crippen molar-refractivity contribution in [3.8, 4) is 12.1 Å². The maximum Gasteiger partial charge on any atom is 0.318 e. The van der Waals surface area contributed by atoms with Gasteiger partial charge in [-0.15, -0.1) is 0 Å². The minimum Gasteiger partial charge on any atom is -0.463 e. The Kier molecular flexibility index (Phi) is 8.24. The molecule has 2 bridgehead atoms. The summed E-state index contributed by atoms with van der Waals surface area (Å²) in [6, 6.07) is 15.7. The SMILES string of the molecule is CCN(CCCC#N)c1nc(OCCCN2C[C@@H]3C[C@H]2CO3)nc2c1CCN(c1cccc3cccc(Cl)c13)C2. The van der Waals surface area contributed by atoms with Gasteiger partial charge in [-0.1, -0.05) is 35.9 Å². The Balaban J connectivity index is 1.23. The van der Waals surface area contributed by atoms with Crippen molar-refractivity contribution in [2.75, 3.05) is 55.7 Å². The molecule has 6 rings (SSSR count). The van der Waals surface area contributed by atoms with Crippen LogP contribution in [0.2, 0.25) is 5.02 Å². The highest BCUT2D eigenvalue weighted by Crippen LogP contribution is 2.37. The van der Waals surface area contributed by atoms with E-state index in [-0.39, 0.29) is 0 Å². The minimum atomic E-state index is 0.415. The first-order valence-electron chi connectivity index (χ1n) is 14.6. The van der Waals surface area contributed by atoms with E-state index in [1.54, 1.807) is 0 Å². The lowest BCUT2D eigenvalue weighted by molar-refractivity contribution is 0.0287. The van der Waals surface area contributed by atoms with Crippen molar-refractivity contribution in [3.05, 3.63) is 52.7 Å². The molecule has 4 heterocycles. The van der Waals surface area contributed by atoms with Crippen LogP contribution in [-0.2, 0) is 17.7 Å². The van der Waals surface area contributed by atoms with Crippen LogP contribution in [0.1, 0.15) is 43.9 Å². The summed E-state index contributed by atoms with van der Waals surface area (Å²) in [5, 5.41) is 12.1. The Morgan fingerprint density at radius 3 is 2.85 bits per heavy atom. The van der Waals surface area contributed by atoms with Crippen molar-refractivity contribution >= 4 is 33.9 Å². The van der Waals surface area contributed by atoms with Crippen LogP contribution in [0.5, 0.6) is 6.01 Å². The van der Waals surface area contributed by atoms with E-state index in [4.69, 9.17) is 36.3 Å². The third kappa shape index (κ3) is 5.56. The lowest BCUT2D eigenvalue weighted by Crippen LogP contribution is -2.38. The zero-order chi connectivity index (χ0) is 27.5. The number of ether oxygens (including phenoxy) is 2. The van der Waals surface area contributed by atoms with E-state index < -0.39 is 0 Å². The van der Waals surface area contributed by atoms with Gasteiger partial charge >= 0.3 is 6.01 Å². The molecule has 2 fully saturated rings. The second-order valence-electron chi connectivity index (χ2n) is 10.9. The molecule has 2 atom stereocenters. The first-order chi connectivity index (χ1) is 19.6. The normalized spacial score (nSPS) is 20.1. The second kappa shape index (κ2) is 12.2. The molecule has 210 valence electrons. The van der Waals surface area contributed by atoms with Crippen molar-refractivity contribution in [3.63, 3.8) is 0 Å². The van der Waals surface area contributed by atoms with Crippen LogP contribution in [0, 0.1) is 11.3 Å². The molecule has 3 aromatic rings. The van der Waals surface area contributed by atoms with Gasteiger partial charge in [0.2, 0.25) is 0 Å². The zero-order valence-corrected chi connectivity index (χ0v) is 23.9. The molecule has 0 spiro atoms. The number of nitrogens with zero attached hydrogens (tertiary/aromatic N) is 6. The Labute approximate surface area is 241 Å². The van der Waals surface area contributed by atoms with Gasteiger partial charge in [0.25, 0.3) is 0 Å². The molecule has 0 saturated carbocycles. The van der Waals surface area contributed by atoms with Crippen molar-refractivity contribution in [1.82, 2.24) is 14.9 Å². The molecule has 0 N–H and O–H groups in total. The summed E-state index contributed by atoms with van der Waals surface area (Å²) in [5.74, 6) is 0.949.